The molecule has 2 rings (SSSR count). The number of nitrogens with one attached hydrogen (secondary N) is 1. The summed E-state index contributed by atoms with van der Waals surface area (Å²) in [7, 11) is 0. The molecule has 0 saturated heterocycles. The van der Waals surface area contributed by atoms with Crippen LogP contribution in [0.2, 0.25) is 0 Å². The van der Waals surface area contributed by atoms with Gasteiger partial charge in [0.1, 0.15) is 5.82 Å². The smallest absolute Gasteiger partial charge is 0.254 e. The Labute approximate surface area is 107 Å². The van der Waals surface area contributed by atoms with Gasteiger partial charge in [-0.3, -0.25) is 4.79 Å². The van der Waals surface area contributed by atoms with Crippen LogP contribution in [0.5, 0.6) is 0 Å². The average Bonchev–Trinajstić information content (AvgIpc) is 2.76. The fourth-order valence-electron chi connectivity index (χ4n) is 2.45. The van der Waals surface area contributed by atoms with Crippen molar-refractivity contribution >= 4 is 5.91 Å². The quantitative estimate of drug-likeness (QED) is 0.862. The van der Waals surface area contributed by atoms with E-state index in [2.05, 4.69) is 5.32 Å². The molecule has 0 heterocycles. The van der Waals surface area contributed by atoms with Crippen molar-refractivity contribution in [2.45, 2.75) is 32.2 Å². The van der Waals surface area contributed by atoms with Gasteiger partial charge in [-0.2, -0.15) is 0 Å². The van der Waals surface area contributed by atoms with Gasteiger partial charge in [0.2, 0.25) is 0 Å². The lowest BCUT2D eigenvalue weighted by molar-refractivity contribution is 0.0943. The van der Waals surface area contributed by atoms with Crippen LogP contribution in [0.1, 0.15) is 35.2 Å². The Morgan fingerprint density at radius 2 is 2.28 bits per heavy atom. The molecule has 0 spiro atoms. The minimum Gasteiger partial charge on any atom is -0.352 e. The lowest BCUT2D eigenvalue weighted by Gasteiger charge is -2.12. The first-order valence-electron chi connectivity index (χ1n) is 6.37. The van der Waals surface area contributed by atoms with E-state index in [1.165, 1.54) is 6.07 Å². The Balaban J connectivity index is 1.94. The Bertz CT molecular complexity index is 447. The van der Waals surface area contributed by atoms with Crippen LogP contribution in [0, 0.1) is 18.7 Å². The van der Waals surface area contributed by atoms with E-state index in [9.17, 15) is 9.18 Å². The molecule has 18 heavy (non-hydrogen) atoms. The van der Waals surface area contributed by atoms with Crippen LogP contribution < -0.4 is 11.1 Å². The van der Waals surface area contributed by atoms with Gasteiger partial charge in [0.15, 0.2) is 0 Å². The monoisotopic (exact) mass is 250 g/mol. The maximum atomic E-state index is 13.7. The lowest BCUT2D eigenvalue weighted by Crippen LogP contribution is -2.29. The number of rotatable bonds is 3. The molecular weight excluding hydrogens is 231 g/mol. The SMILES string of the molecule is Cc1cccc(C(=O)NCC2CCC(N)C2)c1F. The molecule has 1 fully saturated rings. The van der Waals surface area contributed by atoms with Gasteiger partial charge >= 0.3 is 0 Å². The molecule has 0 bridgehead atoms. The van der Waals surface area contributed by atoms with Crippen molar-refractivity contribution in [3.63, 3.8) is 0 Å². The van der Waals surface area contributed by atoms with E-state index in [1.807, 2.05) is 0 Å². The van der Waals surface area contributed by atoms with E-state index >= 15 is 0 Å². The van der Waals surface area contributed by atoms with Crippen molar-refractivity contribution in [3.8, 4) is 0 Å². The molecule has 98 valence electrons. The van der Waals surface area contributed by atoms with E-state index in [0.29, 0.717) is 18.0 Å². The molecule has 1 amide bonds. The van der Waals surface area contributed by atoms with Crippen molar-refractivity contribution < 1.29 is 9.18 Å². The fraction of sp³-hybridized carbons (Fsp3) is 0.500. The molecule has 1 aromatic rings. The third-order valence-corrected chi connectivity index (χ3v) is 3.57. The molecule has 0 aliphatic heterocycles. The summed E-state index contributed by atoms with van der Waals surface area (Å²) in [6, 6.07) is 5.11. The van der Waals surface area contributed by atoms with Crippen molar-refractivity contribution in [2.75, 3.05) is 6.54 Å². The predicted molar refractivity (Wildman–Crippen MR) is 68.8 cm³/mol. The highest BCUT2D eigenvalue weighted by Crippen LogP contribution is 2.23. The third-order valence-electron chi connectivity index (χ3n) is 3.57. The Morgan fingerprint density at radius 1 is 1.50 bits per heavy atom. The number of hydrogen-bond donors (Lipinski definition) is 2. The summed E-state index contributed by atoms with van der Waals surface area (Å²) in [6.45, 7) is 2.24. The van der Waals surface area contributed by atoms with Gasteiger partial charge < -0.3 is 11.1 Å². The van der Waals surface area contributed by atoms with E-state index in [0.717, 1.165) is 19.3 Å². The van der Waals surface area contributed by atoms with Gasteiger partial charge in [0.25, 0.3) is 5.91 Å². The number of hydrogen-bond acceptors (Lipinski definition) is 2. The first-order chi connectivity index (χ1) is 8.58. The van der Waals surface area contributed by atoms with Crippen LogP contribution in [0.3, 0.4) is 0 Å². The molecule has 3 N–H and O–H groups in total. The maximum absolute atomic E-state index is 13.7. The van der Waals surface area contributed by atoms with Crippen molar-refractivity contribution in [1.82, 2.24) is 5.32 Å². The third kappa shape index (κ3) is 2.88. The second-order valence-corrected chi connectivity index (χ2v) is 5.09. The molecule has 1 aliphatic rings. The second kappa shape index (κ2) is 5.48. The van der Waals surface area contributed by atoms with Gasteiger partial charge in [-0.25, -0.2) is 4.39 Å². The number of aryl methyl sites for hydroxylation is 1. The molecule has 0 radical (unpaired) electrons. The van der Waals surface area contributed by atoms with Crippen LogP contribution in [0.15, 0.2) is 18.2 Å². The highest BCUT2D eigenvalue weighted by molar-refractivity contribution is 5.94. The summed E-state index contributed by atoms with van der Waals surface area (Å²) < 4.78 is 13.7. The van der Waals surface area contributed by atoms with Crippen LogP contribution in [-0.4, -0.2) is 18.5 Å². The largest absolute Gasteiger partial charge is 0.352 e. The topological polar surface area (TPSA) is 55.1 Å². The zero-order valence-electron chi connectivity index (χ0n) is 10.6. The summed E-state index contributed by atoms with van der Waals surface area (Å²) in [5.74, 6) is -0.341. The van der Waals surface area contributed by atoms with Gasteiger partial charge in [0, 0.05) is 12.6 Å². The Morgan fingerprint density at radius 3 is 2.94 bits per heavy atom. The van der Waals surface area contributed by atoms with E-state index in [4.69, 9.17) is 5.73 Å². The number of halogens is 1. The number of nitrogens with two attached hydrogens (primary N) is 1. The molecule has 1 aromatic carbocycles. The number of benzene rings is 1. The van der Waals surface area contributed by atoms with Crippen molar-refractivity contribution in [1.29, 1.82) is 0 Å². The minimum absolute atomic E-state index is 0.122. The fourth-order valence-corrected chi connectivity index (χ4v) is 2.45. The van der Waals surface area contributed by atoms with E-state index in [-0.39, 0.29) is 17.5 Å². The summed E-state index contributed by atoms with van der Waals surface area (Å²) >= 11 is 0. The molecule has 1 aliphatic carbocycles. The standard InChI is InChI=1S/C14H19FN2O/c1-9-3-2-4-12(13(9)15)14(18)17-8-10-5-6-11(16)7-10/h2-4,10-11H,5-8,16H2,1H3,(H,17,18). The van der Waals surface area contributed by atoms with Crippen molar-refractivity contribution in [3.05, 3.63) is 35.1 Å². The summed E-state index contributed by atoms with van der Waals surface area (Å²) in [4.78, 5) is 11.9. The van der Waals surface area contributed by atoms with Crippen LogP contribution in [0.4, 0.5) is 4.39 Å². The van der Waals surface area contributed by atoms with Crippen molar-refractivity contribution in [2.24, 2.45) is 11.7 Å². The zero-order valence-corrected chi connectivity index (χ0v) is 10.6. The van der Waals surface area contributed by atoms with E-state index in [1.54, 1.807) is 19.1 Å². The molecule has 3 nitrogen and oxygen atoms in total. The Kier molecular flexibility index (Phi) is 3.97. The molecule has 1 saturated carbocycles. The highest BCUT2D eigenvalue weighted by Gasteiger charge is 2.22. The number of carbonyl (C=O) groups is 1. The molecule has 2 atom stereocenters. The Hall–Kier alpha value is -1.42. The molecule has 4 heteroatoms. The van der Waals surface area contributed by atoms with Crippen LogP contribution >= 0.6 is 0 Å². The molecule has 0 aromatic heterocycles. The van der Waals surface area contributed by atoms with Crippen LogP contribution in [0.25, 0.3) is 0 Å². The van der Waals surface area contributed by atoms with E-state index < -0.39 is 5.82 Å². The lowest BCUT2D eigenvalue weighted by atomic mass is 10.1. The highest BCUT2D eigenvalue weighted by atomic mass is 19.1. The normalized spacial score (nSPS) is 23.1. The average molecular weight is 250 g/mol. The molecular formula is C14H19FN2O. The minimum atomic E-state index is -0.432. The molecule has 2 unspecified atom stereocenters. The van der Waals surface area contributed by atoms with Gasteiger partial charge in [-0.15, -0.1) is 0 Å². The van der Waals surface area contributed by atoms with Gasteiger partial charge in [-0.1, -0.05) is 12.1 Å². The first-order valence-corrected chi connectivity index (χ1v) is 6.37. The van der Waals surface area contributed by atoms with Gasteiger partial charge in [-0.05, 0) is 43.7 Å². The zero-order chi connectivity index (χ0) is 13.1. The summed E-state index contributed by atoms with van der Waals surface area (Å²) in [6.07, 6.45) is 2.99. The summed E-state index contributed by atoms with van der Waals surface area (Å²) in [5.41, 5.74) is 6.43. The predicted octanol–water partition coefficient (Wildman–Crippen LogP) is 1.99. The van der Waals surface area contributed by atoms with Crippen LogP contribution in [-0.2, 0) is 0 Å². The first kappa shape index (κ1) is 13.0. The van der Waals surface area contributed by atoms with Gasteiger partial charge in [0.05, 0.1) is 5.56 Å². The number of amides is 1. The number of carbonyl (C=O) groups excluding carboxylic acids is 1. The maximum Gasteiger partial charge on any atom is 0.254 e. The summed E-state index contributed by atoms with van der Waals surface area (Å²) in [5, 5.41) is 2.80. The second-order valence-electron chi connectivity index (χ2n) is 5.09.